The first-order chi connectivity index (χ1) is 11.6. The summed E-state index contributed by atoms with van der Waals surface area (Å²) in [6, 6.07) is 11.2. The molecule has 0 aliphatic rings. The lowest BCUT2D eigenvalue weighted by Gasteiger charge is -2.19. The van der Waals surface area contributed by atoms with Crippen LogP contribution >= 0.6 is 11.3 Å². The minimum Gasteiger partial charge on any atom is -0.347 e. The summed E-state index contributed by atoms with van der Waals surface area (Å²) in [4.78, 5) is 12.7. The number of rotatable bonds is 6. The average Bonchev–Trinajstić information content (AvgIpc) is 3.03. The summed E-state index contributed by atoms with van der Waals surface area (Å²) in [7, 11) is -2.04. The van der Waals surface area contributed by atoms with Crippen LogP contribution in [-0.4, -0.2) is 37.8 Å². The van der Waals surface area contributed by atoms with Gasteiger partial charge in [0.1, 0.15) is 0 Å². The maximum atomic E-state index is 12.7. The maximum absolute atomic E-state index is 12.7. The topological polar surface area (TPSA) is 66.5 Å². The van der Waals surface area contributed by atoms with Crippen LogP contribution in [0.25, 0.3) is 0 Å². The molecule has 1 N–H and O–H groups in total. The van der Waals surface area contributed by atoms with Gasteiger partial charge < -0.3 is 5.32 Å². The van der Waals surface area contributed by atoms with Gasteiger partial charge in [-0.2, -0.15) is 0 Å². The number of carbonyl (C=O) groups excluding carboxylic acids is 1. The molecular formula is C18H24N2O3S2. The Labute approximate surface area is 153 Å². The maximum Gasteiger partial charge on any atom is 0.261 e. The molecule has 1 aromatic heterocycles. The van der Waals surface area contributed by atoms with Gasteiger partial charge in [-0.05, 0) is 38.8 Å². The van der Waals surface area contributed by atoms with Crippen molar-refractivity contribution < 1.29 is 13.2 Å². The summed E-state index contributed by atoms with van der Waals surface area (Å²) in [5, 5.41) is 4.36. The van der Waals surface area contributed by atoms with E-state index in [4.69, 9.17) is 0 Å². The van der Waals surface area contributed by atoms with E-state index < -0.39 is 10.0 Å². The molecule has 0 bridgehead atoms. The van der Waals surface area contributed by atoms with Gasteiger partial charge in [-0.1, -0.05) is 30.3 Å². The number of likely N-dealkylation sites (N-methyl/N-ethyl adjacent to an activating group) is 1. The smallest absolute Gasteiger partial charge is 0.261 e. The predicted molar refractivity (Wildman–Crippen MR) is 102 cm³/mol. The summed E-state index contributed by atoms with van der Waals surface area (Å²) in [6.45, 7) is 6.03. The van der Waals surface area contributed by atoms with Crippen molar-refractivity contribution in [1.29, 1.82) is 0 Å². The van der Waals surface area contributed by atoms with E-state index in [1.807, 2.05) is 51.1 Å². The number of carbonyl (C=O) groups is 1. The van der Waals surface area contributed by atoms with Crippen molar-refractivity contribution in [3.8, 4) is 0 Å². The van der Waals surface area contributed by atoms with E-state index in [1.54, 1.807) is 7.05 Å². The van der Waals surface area contributed by atoms with Gasteiger partial charge in [0.25, 0.3) is 5.91 Å². The molecule has 0 radical (unpaired) electrons. The molecule has 0 spiro atoms. The van der Waals surface area contributed by atoms with Crippen molar-refractivity contribution in [2.45, 2.75) is 37.6 Å². The highest BCUT2D eigenvalue weighted by atomic mass is 32.2. The quantitative estimate of drug-likeness (QED) is 0.837. The van der Waals surface area contributed by atoms with E-state index in [2.05, 4.69) is 5.32 Å². The van der Waals surface area contributed by atoms with Crippen LogP contribution in [0.5, 0.6) is 0 Å². The van der Waals surface area contributed by atoms with Crippen LogP contribution in [0.1, 0.15) is 36.0 Å². The van der Waals surface area contributed by atoms with Crippen molar-refractivity contribution >= 4 is 27.3 Å². The number of sulfonamides is 1. The number of nitrogens with zero attached hydrogens (tertiary/aromatic N) is 1. The molecule has 0 atom stereocenters. The molecule has 0 saturated heterocycles. The van der Waals surface area contributed by atoms with E-state index in [0.717, 1.165) is 16.9 Å². The van der Waals surface area contributed by atoms with Gasteiger partial charge in [0.2, 0.25) is 10.0 Å². The number of thiophene rings is 1. The minimum atomic E-state index is -3.60. The molecular weight excluding hydrogens is 356 g/mol. The van der Waals surface area contributed by atoms with E-state index in [-0.39, 0.29) is 16.3 Å². The van der Waals surface area contributed by atoms with Crippen LogP contribution in [0.3, 0.4) is 0 Å². The number of hydrogen-bond donors (Lipinski definition) is 1. The lowest BCUT2D eigenvalue weighted by molar-refractivity contribution is 0.0923. The van der Waals surface area contributed by atoms with E-state index in [9.17, 15) is 13.2 Å². The lowest BCUT2D eigenvalue weighted by atomic mass is 10.1. The van der Waals surface area contributed by atoms with Gasteiger partial charge in [-0.25, -0.2) is 12.7 Å². The standard InChI is InChI=1S/C18H24N2O3S2/c1-18(2,3)19-17(21)16-12-15(13-24-16)25(22,23)20(4)11-10-14-8-6-5-7-9-14/h5-9,12-13H,10-11H2,1-4H3,(H,19,21). The third-order valence-electron chi connectivity index (χ3n) is 3.55. The monoisotopic (exact) mass is 380 g/mol. The van der Waals surface area contributed by atoms with Crippen molar-refractivity contribution in [2.75, 3.05) is 13.6 Å². The van der Waals surface area contributed by atoms with Crippen LogP contribution in [0, 0.1) is 0 Å². The third kappa shape index (κ3) is 5.39. The second kappa shape index (κ2) is 7.68. The van der Waals surface area contributed by atoms with E-state index in [1.165, 1.54) is 15.8 Å². The van der Waals surface area contributed by atoms with Crippen molar-refractivity contribution in [3.63, 3.8) is 0 Å². The predicted octanol–water partition coefficient (Wildman–Crippen LogP) is 3.14. The van der Waals surface area contributed by atoms with Gasteiger partial charge in [-0.3, -0.25) is 4.79 Å². The minimum absolute atomic E-state index is 0.159. The zero-order chi connectivity index (χ0) is 18.7. The highest BCUT2D eigenvalue weighted by Gasteiger charge is 2.24. The van der Waals surface area contributed by atoms with Gasteiger partial charge in [0.05, 0.1) is 9.77 Å². The van der Waals surface area contributed by atoms with Gasteiger partial charge >= 0.3 is 0 Å². The normalized spacial score (nSPS) is 12.4. The molecule has 1 aromatic carbocycles. The Morgan fingerprint density at radius 3 is 2.44 bits per heavy atom. The Morgan fingerprint density at radius 2 is 1.84 bits per heavy atom. The second-order valence-corrected chi connectivity index (χ2v) is 9.87. The van der Waals surface area contributed by atoms with Gasteiger partial charge in [-0.15, -0.1) is 11.3 Å². The molecule has 1 amide bonds. The number of nitrogens with one attached hydrogen (secondary N) is 1. The molecule has 0 unspecified atom stereocenters. The molecule has 5 nitrogen and oxygen atoms in total. The van der Waals surface area contributed by atoms with Crippen LogP contribution < -0.4 is 5.32 Å². The molecule has 1 heterocycles. The summed E-state index contributed by atoms with van der Waals surface area (Å²) in [6.07, 6.45) is 0.637. The first-order valence-electron chi connectivity index (χ1n) is 8.01. The average molecular weight is 381 g/mol. The fourth-order valence-corrected chi connectivity index (χ4v) is 4.53. The van der Waals surface area contributed by atoms with Crippen LogP contribution in [0.4, 0.5) is 0 Å². The summed E-state index contributed by atoms with van der Waals surface area (Å²) >= 11 is 1.14. The molecule has 0 saturated carbocycles. The summed E-state index contributed by atoms with van der Waals surface area (Å²) in [5.74, 6) is -0.258. The zero-order valence-corrected chi connectivity index (χ0v) is 16.6. The molecule has 2 aromatic rings. The third-order valence-corrected chi connectivity index (χ3v) is 6.47. The number of amides is 1. The fourth-order valence-electron chi connectivity index (χ4n) is 2.21. The second-order valence-electron chi connectivity index (χ2n) is 6.91. The zero-order valence-electron chi connectivity index (χ0n) is 14.9. The van der Waals surface area contributed by atoms with Crippen molar-refractivity contribution in [2.24, 2.45) is 0 Å². The van der Waals surface area contributed by atoms with Crippen molar-refractivity contribution in [3.05, 3.63) is 52.2 Å². The Balaban J connectivity index is 2.07. The number of benzene rings is 1. The lowest BCUT2D eigenvalue weighted by Crippen LogP contribution is -2.40. The Hall–Kier alpha value is -1.70. The van der Waals surface area contributed by atoms with Crippen LogP contribution in [0.15, 0.2) is 46.7 Å². The largest absolute Gasteiger partial charge is 0.347 e. The molecule has 136 valence electrons. The first kappa shape index (κ1) is 19.6. The Kier molecular flexibility index (Phi) is 6.03. The summed E-state index contributed by atoms with van der Waals surface area (Å²) < 4.78 is 26.7. The Morgan fingerprint density at radius 1 is 1.20 bits per heavy atom. The van der Waals surface area contributed by atoms with Crippen LogP contribution in [0.2, 0.25) is 0 Å². The van der Waals surface area contributed by atoms with Crippen LogP contribution in [-0.2, 0) is 16.4 Å². The van der Waals surface area contributed by atoms with E-state index in [0.29, 0.717) is 17.8 Å². The van der Waals surface area contributed by atoms with E-state index >= 15 is 0 Å². The molecule has 0 aliphatic heterocycles. The molecule has 2 rings (SSSR count). The van der Waals surface area contributed by atoms with Crippen molar-refractivity contribution in [1.82, 2.24) is 9.62 Å². The first-order valence-corrected chi connectivity index (χ1v) is 10.3. The summed E-state index contributed by atoms with van der Waals surface area (Å²) in [5.41, 5.74) is 0.715. The number of hydrogen-bond acceptors (Lipinski definition) is 4. The SMILES string of the molecule is CN(CCc1ccccc1)S(=O)(=O)c1csc(C(=O)NC(C)(C)C)c1. The molecule has 25 heavy (non-hydrogen) atoms. The Bertz CT molecular complexity index is 822. The highest BCUT2D eigenvalue weighted by Crippen LogP contribution is 2.23. The molecule has 0 aliphatic carbocycles. The highest BCUT2D eigenvalue weighted by molar-refractivity contribution is 7.89. The molecule has 0 fully saturated rings. The molecule has 7 heteroatoms. The fraction of sp³-hybridized carbons (Fsp3) is 0.389. The van der Waals surface area contributed by atoms with Gasteiger partial charge in [0, 0.05) is 24.5 Å². The van der Waals surface area contributed by atoms with Gasteiger partial charge in [0.15, 0.2) is 0 Å².